The summed E-state index contributed by atoms with van der Waals surface area (Å²) in [5.74, 6) is -2.08. The SMILES string of the molecule is C=C1C(=O)O[C@@H]2/C=C(\CO)CC/C=C(\C)C[C@H](OC(=O)/C(C)=C\COC(C)=O)[C@@H]12. The van der Waals surface area contributed by atoms with Gasteiger partial charge in [-0.3, -0.25) is 4.79 Å². The van der Waals surface area contributed by atoms with Gasteiger partial charge in [0.15, 0.2) is 0 Å². The molecule has 1 fully saturated rings. The Labute approximate surface area is 170 Å². The summed E-state index contributed by atoms with van der Waals surface area (Å²) < 4.78 is 16.0. The number of ether oxygens (including phenoxy) is 3. The molecule has 0 saturated carbocycles. The summed E-state index contributed by atoms with van der Waals surface area (Å²) in [6.45, 7) is 8.47. The highest BCUT2D eigenvalue weighted by molar-refractivity contribution is 5.92. The molecule has 1 aliphatic heterocycles. The Bertz CT molecular complexity index is 772. The number of allylic oxidation sites excluding steroid dienone is 1. The lowest BCUT2D eigenvalue weighted by molar-refractivity contribution is -0.147. The van der Waals surface area contributed by atoms with E-state index in [9.17, 15) is 19.5 Å². The van der Waals surface area contributed by atoms with Crippen LogP contribution >= 0.6 is 0 Å². The van der Waals surface area contributed by atoms with Gasteiger partial charge in [-0.1, -0.05) is 18.2 Å². The second-order valence-corrected chi connectivity index (χ2v) is 7.33. The third-order valence-electron chi connectivity index (χ3n) is 5.00. The quantitative estimate of drug-likeness (QED) is 0.325. The van der Waals surface area contributed by atoms with E-state index in [1.165, 1.54) is 13.0 Å². The molecule has 0 amide bonds. The Kier molecular flexibility index (Phi) is 7.96. The van der Waals surface area contributed by atoms with Gasteiger partial charge >= 0.3 is 17.9 Å². The molecule has 0 aromatic carbocycles. The highest BCUT2D eigenvalue weighted by Gasteiger charge is 2.44. The fraction of sp³-hybridized carbons (Fsp3) is 0.500. The molecule has 1 saturated heterocycles. The minimum Gasteiger partial charge on any atom is -0.462 e. The molecule has 7 nitrogen and oxygen atoms in total. The van der Waals surface area contributed by atoms with Gasteiger partial charge in [-0.25, -0.2) is 9.59 Å². The first-order chi connectivity index (χ1) is 13.7. The van der Waals surface area contributed by atoms with Crippen LogP contribution in [-0.2, 0) is 28.6 Å². The minimum atomic E-state index is -0.658. The van der Waals surface area contributed by atoms with Crippen LogP contribution in [0.15, 0.2) is 47.1 Å². The van der Waals surface area contributed by atoms with Crippen LogP contribution in [0, 0.1) is 5.92 Å². The molecule has 3 atom stereocenters. The first-order valence-corrected chi connectivity index (χ1v) is 9.59. The molecule has 0 unspecified atom stereocenters. The molecule has 0 radical (unpaired) electrons. The van der Waals surface area contributed by atoms with E-state index in [2.05, 4.69) is 6.58 Å². The van der Waals surface area contributed by atoms with Crippen LogP contribution in [0.1, 0.15) is 40.0 Å². The summed E-state index contributed by atoms with van der Waals surface area (Å²) in [6.07, 6.45) is 5.76. The van der Waals surface area contributed by atoms with Crippen molar-refractivity contribution in [1.82, 2.24) is 0 Å². The van der Waals surface area contributed by atoms with E-state index in [0.29, 0.717) is 18.4 Å². The van der Waals surface area contributed by atoms with Crippen LogP contribution in [0.3, 0.4) is 0 Å². The van der Waals surface area contributed by atoms with Gasteiger partial charge in [0.1, 0.15) is 18.8 Å². The van der Waals surface area contributed by atoms with Crippen molar-refractivity contribution in [3.8, 4) is 0 Å². The Morgan fingerprint density at radius 3 is 2.76 bits per heavy atom. The lowest BCUT2D eigenvalue weighted by atomic mass is 9.85. The summed E-state index contributed by atoms with van der Waals surface area (Å²) in [4.78, 5) is 35.6. The zero-order chi connectivity index (χ0) is 21.6. The van der Waals surface area contributed by atoms with Crippen molar-refractivity contribution < 1.29 is 33.7 Å². The molecule has 1 aliphatic carbocycles. The molecule has 0 spiro atoms. The Morgan fingerprint density at radius 2 is 2.10 bits per heavy atom. The lowest BCUT2D eigenvalue weighted by Crippen LogP contribution is -2.33. The summed E-state index contributed by atoms with van der Waals surface area (Å²) >= 11 is 0. The summed E-state index contributed by atoms with van der Waals surface area (Å²) in [6, 6.07) is 0. The standard InChI is InChI=1S/C22H28O7/c1-13-6-5-7-17(12-23)11-19-20(15(3)22(26)29-19)18(10-13)28-21(25)14(2)8-9-27-16(4)24/h6,8,11,18-20,23H,3,5,7,9-10,12H2,1-2,4H3/b13-6+,14-8-,17-11-/t18-,19+,20+/m0/s1. The van der Waals surface area contributed by atoms with Crippen LogP contribution in [0.5, 0.6) is 0 Å². The van der Waals surface area contributed by atoms with E-state index >= 15 is 0 Å². The zero-order valence-corrected chi connectivity index (χ0v) is 17.1. The Morgan fingerprint density at radius 1 is 1.38 bits per heavy atom. The molecule has 158 valence electrons. The minimum absolute atomic E-state index is 0.0250. The monoisotopic (exact) mass is 404 g/mol. The number of hydrogen-bond acceptors (Lipinski definition) is 7. The van der Waals surface area contributed by atoms with Crippen LogP contribution in [0.25, 0.3) is 0 Å². The molecule has 1 N–H and O–H groups in total. The second-order valence-electron chi connectivity index (χ2n) is 7.33. The molecule has 1 heterocycles. The third-order valence-corrected chi connectivity index (χ3v) is 5.00. The summed E-state index contributed by atoms with van der Waals surface area (Å²) in [7, 11) is 0. The van der Waals surface area contributed by atoms with E-state index in [1.807, 2.05) is 13.0 Å². The summed E-state index contributed by atoms with van der Waals surface area (Å²) in [5.41, 5.74) is 2.31. The van der Waals surface area contributed by atoms with E-state index in [1.54, 1.807) is 13.0 Å². The highest BCUT2D eigenvalue weighted by Crippen LogP contribution is 2.36. The number of esters is 3. The lowest BCUT2D eigenvalue weighted by Gasteiger charge is -2.27. The maximum Gasteiger partial charge on any atom is 0.334 e. The average molecular weight is 404 g/mol. The summed E-state index contributed by atoms with van der Waals surface area (Å²) in [5, 5.41) is 9.61. The van der Waals surface area contributed by atoms with Gasteiger partial charge in [0.05, 0.1) is 12.5 Å². The largest absolute Gasteiger partial charge is 0.462 e. The fourth-order valence-corrected chi connectivity index (χ4v) is 3.37. The second kappa shape index (κ2) is 10.2. The van der Waals surface area contributed by atoms with E-state index < -0.39 is 36.0 Å². The first kappa shape index (κ1) is 22.6. The van der Waals surface area contributed by atoms with Crippen molar-refractivity contribution in [2.75, 3.05) is 13.2 Å². The van der Waals surface area contributed by atoms with E-state index in [4.69, 9.17) is 14.2 Å². The number of rotatable bonds is 5. The molecule has 0 bridgehead atoms. The molecular formula is C22H28O7. The molecule has 0 aromatic rings. The number of fused-ring (bicyclic) bond motifs is 1. The van der Waals surface area contributed by atoms with Gasteiger partial charge in [0.2, 0.25) is 0 Å². The van der Waals surface area contributed by atoms with Gasteiger partial charge in [-0.2, -0.15) is 0 Å². The van der Waals surface area contributed by atoms with Crippen molar-refractivity contribution in [3.63, 3.8) is 0 Å². The topological polar surface area (TPSA) is 99.1 Å². The maximum atomic E-state index is 12.6. The number of carbonyl (C=O) groups is 3. The van der Waals surface area contributed by atoms with E-state index in [-0.39, 0.29) is 18.8 Å². The van der Waals surface area contributed by atoms with Crippen molar-refractivity contribution in [2.45, 2.75) is 52.2 Å². The Hall–Kier alpha value is -2.67. The molecule has 0 aromatic heterocycles. The van der Waals surface area contributed by atoms with Crippen molar-refractivity contribution in [3.05, 3.63) is 47.1 Å². The van der Waals surface area contributed by atoms with Crippen LogP contribution in [-0.4, -0.2) is 48.4 Å². The molecule has 29 heavy (non-hydrogen) atoms. The number of aliphatic hydroxyl groups excluding tert-OH is 1. The van der Waals surface area contributed by atoms with Gasteiger partial charge in [0, 0.05) is 24.5 Å². The van der Waals surface area contributed by atoms with Gasteiger partial charge < -0.3 is 19.3 Å². The molecule has 2 rings (SSSR count). The van der Waals surface area contributed by atoms with E-state index in [0.717, 1.165) is 17.6 Å². The van der Waals surface area contributed by atoms with Crippen molar-refractivity contribution in [1.29, 1.82) is 0 Å². The van der Waals surface area contributed by atoms with Crippen LogP contribution < -0.4 is 0 Å². The fourth-order valence-electron chi connectivity index (χ4n) is 3.37. The van der Waals surface area contributed by atoms with Gasteiger partial charge in [0.25, 0.3) is 0 Å². The number of carbonyl (C=O) groups excluding carboxylic acids is 3. The normalized spacial score (nSPS) is 29.0. The van der Waals surface area contributed by atoms with Gasteiger partial charge in [-0.05, 0) is 44.4 Å². The average Bonchev–Trinajstić information content (AvgIpc) is 2.93. The molecular weight excluding hydrogens is 376 g/mol. The first-order valence-electron chi connectivity index (χ1n) is 9.59. The van der Waals surface area contributed by atoms with Crippen molar-refractivity contribution in [2.24, 2.45) is 5.92 Å². The predicted molar refractivity (Wildman–Crippen MR) is 106 cm³/mol. The smallest absolute Gasteiger partial charge is 0.334 e. The maximum absolute atomic E-state index is 12.6. The highest BCUT2D eigenvalue weighted by atomic mass is 16.6. The van der Waals surface area contributed by atoms with Crippen LogP contribution in [0.2, 0.25) is 0 Å². The molecule has 2 aliphatic rings. The van der Waals surface area contributed by atoms with Crippen LogP contribution in [0.4, 0.5) is 0 Å². The predicted octanol–water partition coefficient (Wildman–Crippen LogP) is 2.55. The van der Waals surface area contributed by atoms with Crippen molar-refractivity contribution >= 4 is 17.9 Å². The molecule has 7 heteroatoms. The third kappa shape index (κ3) is 6.15. The number of hydrogen-bond donors (Lipinski definition) is 1. The number of aliphatic hydroxyl groups is 1. The zero-order valence-electron chi connectivity index (χ0n) is 17.1. The Balaban J connectivity index is 2.28. The van der Waals surface area contributed by atoms with Gasteiger partial charge in [-0.15, -0.1) is 0 Å².